The Morgan fingerprint density at radius 1 is 1.24 bits per heavy atom. The van der Waals surface area contributed by atoms with Crippen molar-refractivity contribution in [1.82, 2.24) is 40.3 Å². The van der Waals surface area contributed by atoms with E-state index in [9.17, 15) is 4.39 Å². The van der Waals surface area contributed by atoms with Crippen molar-refractivity contribution in [1.29, 1.82) is 0 Å². The molecule has 0 aromatic carbocycles. The van der Waals surface area contributed by atoms with Gasteiger partial charge in [0.15, 0.2) is 16.6 Å². The third-order valence-corrected chi connectivity index (χ3v) is 6.78. The number of fused-ring (bicyclic) bond motifs is 2. The molecule has 0 aliphatic heterocycles. The van der Waals surface area contributed by atoms with Gasteiger partial charge in [-0.05, 0) is 63.0 Å². The lowest BCUT2D eigenvalue weighted by Gasteiger charge is -2.15. The molecule has 0 bridgehead atoms. The first-order chi connectivity index (χ1) is 18.4. The van der Waals surface area contributed by atoms with Gasteiger partial charge in [-0.1, -0.05) is 19.2 Å². The van der Waals surface area contributed by atoms with Crippen molar-refractivity contribution in [2.24, 2.45) is 0 Å². The number of rotatable bonds is 9. The van der Waals surface area contributed by atoms with Crippen LogP contribution in [0.2, 0.25) is 0 Å². The second-order valence-electron chi connectivity index (χ2n) is 8.95. The average Bonchev–Trinajstić information content (AvgIpc) is 3.63. The summed E-state index contributed by atoms with van der Waals surface area (Å²) in [6.45, 7) is 10.7. The van der Waals surface area contributed by atoms with Crippen molar-refractivity contribution >= 4 is 39.0 Å². The number of thiophene rings is 1. The zero-order chi connectivity index (χ0) is 26.8. The number of nitrogens with zero attached hydrogens (tertiary/aromatic N) is 5. The number of hydrogen-bond donors (Lipinski definition) is 3. The van der Waals surface area contributed by atoms with Gasteiger partial charge in [0.05, 0.1) is 22.9 Å². The summed E-state index contributed by atoms with van der Waals surface area (Å²) in [6.07, 6.45) is 9.16. The molecule has 0 amide bonds. The Bertz CT molecular complexity index is 1720. The van der Waals surface area contributed by atoms with E-state index < -0.39 is 0 Å². The van der Waals surface area contributed by atoms with Crippen molar-refractivity contribution in [3.8, 4) is 22.0 Å². The molecule has 38 heavy (non-hydrogen) atoms. The van der Waals surface area contributed by atoms with E-state index in [0.29, 0.717) is 23.7 Å². The standard InChI is InChI=1S/C28H27FN8S/c1-6-17(12-18(7-2)32-16(3)15-37(4)5)21-13-20-22(14-31-21)35-36-26(20)28-33-25-19(10-11-30-27(25)34-28)23-8-9-24(29)38-23/h6-14,32H,2-3,15H2,1,4-5H3,(H,35,36)(H,30,33,34)/b17-6+,18-12+. The number of pyridine rings is 2. The van der Waals surface area contributed by atoms with Gasteiger partial charge in [-0.3, -0.25) is 10.1 Å². The second-order valence-corrected chi connectivity index (χ2v) is 9.98. The molecule has 5 aromatic heterocycles. The van der Waals surface area contributed by atoms with E-state index in [1.54, 1.807) is 24.5 Å². The fraction of sp³-hybridized carbons (Fsp3) is 0.143. The maximum absolute atomic E-state index is 13.7. The number of imidazole rings is 1. The van der Waals surface area contributed by atoms with E-state index in [1.807, 2.05) is 50.2 Å². The monoisotopic (exact) mass is 526 g/mol. The van der Waals surface area contributed by atoms with Gasteiger partial charge >= 0.3 is 0 Å². The van der Waals surface area contributed by atoms with Crippen LogP contribution in [0.5, 0.6) is 0 Å². The molecule has 5 rings (SSSR count). The van der Waals surface area contributed by atoms with Crippen LogP contribution in [0.15, 0.2) is 79.4 Å². The molecule has 5 heterocycles. The first-order valence-electron chi connectivity index (χ1n) is 11.9. The third kappa shape index (κ3) is 5.04. The molecule has 0 saturated carbocycles. The van der Waals surface area contributed by atoms with Gasteiger partial charge in [-0.2, -0.15) is 9.49 Å². The van der Waals surface area contributed by atoms with Crippen LogP contribution in [-0.2, 0) is 0 Å². The van der Waals surface area contributed by atoms with Crippen molar-refractivity contribution in [2.75, 3.05) is 20.6 Å². The first-order valence-corrected chi connectivity index (χ1v) is 12.7. The minimum Gasteiger partial charge on any atom is -0.358 e. The Morgan fingerprint density at radius 3 is 2.79 bits per heavy atom. The largest absolute Gasteiger partial charge is 0.358 e. The molecule has 0 fully saturated rings. The zero-order valence-electron chi connectivity index (χ0n) is 21.3. The van der Waals surface area contributed by atoms with Crippen LogP contribution in [-0.4, -0.2) is 55.7 Å². The van der Waals surface area contributed by atoms with Gasteiger partial charge < -0.3 is 15.2 Å². The van der Waals surface area contributed by atoms with Crippen LogP contribution in [0.4, 0.5) is 4.39 Å². The summed E-state index contributed by atoms with van der Waals surface area (Å²) in [5.74, 6) is 0.561. The van der Waals surface area contributed by atoms with E-state index >= 15 is 0 Å². The lowest BCUT2D eigenvalue weighted by molar-refractivity contribution is 0.438. The summed E-state index contributed by atoms with van der Waals surface area (Å²) in [5.41, 5.74) is 6.88. The highest BCUT2D eigenvalue weighted by atomic mass is 32.1. The summed E-state index contributed by atoms with van der Waals surface area (Å²) >= 11 is 1.08. The van der Waals surface area contributed by atoms with Crippen molar-refractivity contribution in [2.45, 2.75) is 6.92 Å². The molecule has 8 nitrogen and oxygen atoms in total. The Labute approximate surface area is 223 Å². The minimum absolute atomic E-state index is 0.242. The summed E-state index contributed by atoms with van der Waals surface area (Å²) in [5, 5.41) is 11.5. The average molecular weight is 527 g/mol. The number of likely N-dealkylation sites (N-methyl/N-ethyl adjacent to an activating group) is 1. The smallest absolute Gasteiger partial charge is 0.178 e. The molecular weight excluding hydrogens is 499 g/mol. The van der Waals surface area contributed by atoms with E-state index in [0.717, 1.165) is 60.9 Å². The third-order valence-electron chi connectivity index (χ3n) is 5.87. The molecule has 0 spiro atoms. The van der Waals surface area contributed by atoms with Gasteiger partial charge in [0.1, 0.15) is 5.69 Å². The highest BCUT2D eigenvalue weighted by Crippen LogP contribution is 2.34. The SMILES string of the molecule is C=C/C(=C\C(=C/C)c1cc2c(-c3nc4nccc(-c5ccc(F)s5)c4[nH]3)n[nH]c2cn1)NC(=C)CN(C)C. The topological polar surface area (TPSA) is 98.4 Å². The number of allylic oxidation sites excluding steroid dienone is 4. The molecule has 10 heteroatoms. The number of hydrogen-bond acceptors (Lipinski definition) is 7. The second kappa shape index (κ2) is 10.5. The van der Waals surface area contributed by atoms with Crippen LogP contribution < -0.4 is 5.32 Å². The van der Waals surface area contributed by atoms with E-state index in [-0.39, 0.29) is 5.13 Å². The summed E-state index contributed by atoms with van der Waals surface area (Å²) < 4.78 is 13.7. The Kier molecular flexibility index (Phi) is 6.99. The molecule has 0 unspecified atom stereocenters. The molecule has 5 aromatic rings. The van der Waals surface area contributed by atoms with Gasteiger partial charge in [0.25, 0.3) is 0 Å². The number of aromatic amines is 2. The van der Waals surface area contributed by atoms with Crippen molar-refractivity contribution in [3.05, 3.63) is 90.3 Å². The molecular formula is C28H27FN8S. The van der Waals surface area contributed by atoms with E-state index in [2.05, 4.69) is 48.6 Å². The maximum Gasteiger partial charge on any atom is 0.178 e. The summed E-state index contributed by atoms with van der Waals surface area (Å²) in [4.78, 5) is 19.9. The van der Waals surface area contributed by atoms with Gasteiger partial charge in [-0.15, -0.1) is 11.3 Å². The highest BCUT2D eigenvalue weighted by Gasteiger charge is 2.17. The molecule has 0 radical (unpaired) electrons. The molecule has 0 aliphatic carbocycles. The van der Waals surface area contributed by atoms with Gasteiger partial charge in [0.2, 0.25) is 0 Å². The van der Waals surface area contributed by atoms with E-state index in [4.69, 9.17) is 0 Å². The number of nitrogens with one attached hydrogen (secondary N) is 3. The minimum atomic E-state index is -0.242. The molecule has 0 atom stereocenters. The lowest BCUT2D eigenvalue weighted by Crippen LogP contribution is -2.23. The van der Waals surface area contributed by atoms with Crippen molar-refractivity contribution in [3.63, 3.8) is 0 Å². The molecule has 0 aliphatic rings. The van der Waals surface area contributed by atoms with Crippen LogP contribution in [0.3, 0.4) is 0 Å². The molecule has 0 saturated heterocycles. The normalized spacial score (nSPS) is 12.6. The molecule has 192 valence electrons. The molecule has 3 N–H and O–H groups in total. The van der Waals surface area contributed by atoms with Crippen LogP contribution >= 0.6 is 11.3 Å². The fourth-order valence-corrected chi connectivity index (χ4v) is 4.95. The van der Waals surface area contributed by atoms with Gasteiger partial charge in [0, 0.05) is 40.0 Å². The number of aromatic nitrogens is 6. The Balaban J connectivity index is 1.52. The zero-order valence-corrected chi connectivity index (χ0v) is 22.2. The van der Waals surface area contributed by atoms with Crippen LogP contribution in [0.25, 0.3) is 49.6 Å². The number of halogens is 1. The van der Waals surface area contributed by atoms with Crippen LogP contribution in [0.1, 0.15) is 12.6 Å². The summed E-state index contributed by atoms with van der Waals surface area (Å²) in [7, 11) is 3.98. The Morgan fingerprint density at radius 2 is 2.08 bits per heavy atom. The Hall–Kier alpha value is -4.41. The quantitative estimate of drug-likeness (QED) is 0.207. The van der Waals surface area contributed by atoms with Gasteiger partial charge in [-0.25, -0.2) is 9.97 Å². The first kappa shape index (κ1) is 25.2. The number of H-pyrrole nitrogens is 2. The van der Waals surface area contributed by atoms with E-state index in [1.165, 1.54) is 6.07 Å². The van der Waals surface area contributed by atoms with Crippen molar-refractivity contribution < 1.29 is 4.39 Å². The highest BCUT2D eigenvalue weighted by molar-refractivity contribution is 7.14. The predicted octanol–water partition coefficient (Wildman–Crippen LogP) is 5.90. The maximum atomic E-state index is 13.7. The summed E-state index contributed by atoms with van der Waals surface area (Å²) in [6, 6.07) is 7.04. The fourth-order valence-electron chi connectivity index (χ4n) is 4.19. The van der Waals surface area contributed by atoms with Crippen LogP contribution in [0, 0.1) is 5.13 Å². The lowest BCUT2D eigenvalue weighted by atomic mass is 10.1. The predicted molar refractivity (Wildman–Crippen MR) is 153 cm³/mol.